The summed E-state index contributed by atoms with van der Waals surface area (Å²) in [7, 11) is 0. The molecule has 0 bridgehead atoms. The second kappa shape index (κ2) is 7.10. The van der Waals surface area contributed by atoms with Crippen LogP contribution in [-0.4, -0.2) is 38.4 Å². The summed E-state index contributed by atoms with van der Waals surface area (Å²) in [6, 6.07) is 6.34. The molecule has 0 N–H and O–H groups in total. The summed E-state index contributed by atoms with van der Waals surface area (Å²) in [4.78, 5) is 4.22. The average molecular weight is 343 g/mol. The van der Waals surface area contributed by atoms with Crippen LogP contribution < -0.4 is 4.74 Å². The number of fused-ring (bicyclic) bond motifs is 1. The highest BCUT2D eigenvalue weighted by molar-refractivity contribution is 5.84. The van der Waals surface area contributed by atoms with Crippen molar-refractivity contribution in [3.8, 4) is 5.75 Å². The molecule has 1 saturated heterocycles. The zero-order chi connectivity index (χ0) is 17.1. The highest BCUT2D eigenvalue weighted by Crippen LogP contribution is 2.26. The highest BCUT2D eigenvalue weighted by atomic mass is 19.1. The van der Waals surface area contributed by atoms with Gasteiger partial charge in [-0.05, 0) is 53.5 Å². The van der Waals surface area contributed by atoms with Gasteiger partial charge < -0.3 is 9.47 Å². The molecule has 1 fully saturated rings. The number of pyridine rings is 1. The van der Waals surface area contributed by atoms with Crippen LogP contribution in [0.5, 0.6) is 5.75 Å². The van der Waals surface area contributed by atoms with Crippen molar-refractivity contribution in [2.75, 3.05) is 13.2 Å². The first-order chi connectivity index (χ1) is 12.3. The minimum Gasteiger partial charge on any atom is -0.483 e. The number of hydrogen-bond donors (Lipinski definition) is 0. The van der Waals surface area contributed by atoms with Crippen molar-refractivity contribution in [1.29, 1.82) is 0 Å². The molecule has 0 aliphatic carbocycles. The maximum absolute atomic E-state index is 13.9. The summed E-state index contributed by atoms with van der Waals surface area (Å²) >= 11 is 0. The van der Waals surface area contributed by atoms with Gasteiger partial charge >= 0.3 is 0 Å². The molecule has 0 radical (unpaired) electrons. The fourth-order valence-corrected chi connectivity index (χ4v) is 3.01. The number of ether oxygens (including phenoxy) is 2. The molecule has 7 nitrogen and oxygen atoms in total. The maximum atomic E-state index is 13.9. The number of hydrogen-bond acceptors (Lipinski definition) is 6. The fourth-order valence-electron chi connectivity index (χ4n) is 3.01. The first kappa shape index (κ1) is 15.9. The van der Waals surface area contributed by atoms with Crippen LogP contribution in [0.25, 0.3) is 10.9 Å². The zero-order valence-corrected chi connectivity index (χ0v) is 13.6. The van der Waals surface area contributed by atoms with Crippen LogP contribution in [0.3, 0.4) is 0 Å². The third kappa shape index (κ3) is 3.43. The monoisotopic (exact) mass is 343 g/mol. The van der Waals surface area contributed by atoms with Crippen LogP contribution in [0.4, 0.5) is 4.39 Å². The van der Waals surface area contributed by atoms with Gasteiger partial charge in [0.25, 0.3) is 0 Å². The predicted octanol–water partition coefficient (Wildman–Crippen LogP) is 2.37. The largest absolute Gasteiger partial charge is 0.483 e. The molecule has 25 heavy (non-hydrogen) atoms. The summed E-state index contributed by atoms with van der Waals surface area (Å²) in [6.45, 7) is 2.52. The van der Waals surface area contributed by atoms with E-state index in [1.807, 2.05) is 0 Å². The van der Waals surface area contributed by atoms with E-state index in [1.165, 1.54) is 6.07 Å². The van der Waals surface area contributed by atoms with Gasteiger partial charge in [-0.1, -0.05) is 0 Å². The smallest absolute Gasteiger partial charge is 0.189 e. The summed E-state index contributed by atoms with van der Waals surface area (Å²) in [5, 5.41) is 12.3. The number of rotatable bonds is 5. The molecule has 0 saturated carbocycles. The van der Waals surface area contributed by atoms with Gasteiger partial charge in [0.05, 0.1) is 0 Å². The van der Waals surface area contributed by atoms with E-state index in [-0.39, 0.29) is 12.4 Å². The molecule has 0 atom stereocenters. The summed E-state index contributed by atoms with van der Waals surface area (Å²) in [6.07, 6.45) is 3.63. The SMILES string of the molecule is Fc1ccc(OCc2nnnn2CC2CCOCC2)c2ncccc12. The molecule has 4 rings (SSSR count). The predicted molar refractivity (Wildman–Crippen MR) is 87.4 cm³/mol. The molecule has 1 aliphatic rings. The van der Waals surface area contributed by atoms with Gasteiger partial charge in [-0.3, -0.25) is 4.98 Å². The summed E-state index contributed by atoms with van der Waals surface area (Å²) < 4.78 is 26.8. The minimum absolute atomic E-state index is 0.202. The Morgan fingerprint density at radius 3 is 3.00 bits per heavy atom. The molecule has 130 valence electrons. The number of benzene rings is 1. The molecular weight excluding hydrogens is 325 g/mol. The van der Waals surface area contributed by atoms with Crippen LogP contribution in [0.2, 0.25) is 0 Å². The average Bonchev–Trinajstić information content (AvgIpc) is 3.09. The Balaban J connectivity index is 1.49. The number of nitrogens with zero attached hydrogens (tertiary/aromatic N) is 5. The lowest BCUT2D eigenvalue weighted by molar-refractivity contribution is 0.0593. The van der Waals surface area contributed by atoms with Gasteiger partial charge in [0.1, 0.15) is 23.7 Å². The summed E-state index contributed by atoms with van der Waals surface area (Å²) in [5.41, 5.74) is 0.492. The number of tetrazole rings is 1. The van der Waals surface area contributed by atoms with E-state index in [0.29, 0.717) is 28.4 Å². The van der Waals surface area contributed by atoms with Crippen molar-refractivity contribution in [3.63, 3.8) is 0 Å². The topological polar surface area (TPSA) is 75.0 Å². The Bertz CT molecular complexity index is 863. The zero-order valence-electron chi connectivity index (χ0n) is 13.6. The minimum atomic E-state index is -0.320. The maximum Gasteiger partial charge on any atom is 0.189 e. The quantitative estimate of drug-likeness (QED) is 0.708. The highest BCUT2D eigenvalue weighted by Gasteiger charge is 2.18. The van der Waals surface area contributed by atoms with Gasteiger partial charge in [-0.15, -0.1) is 5.10 Å². The number of aromatic nitrogens is 5. The van der Waals surface area contributed by atoms with Crippen LogP contribution in [0, 0.1) is 11.7 Å². The third-order valence-electron chi connectivity index (χ3n) is 4.41. The van der Waals surface area contributed by atoms with Crippen LogP contribution in [-0.2, 0) is 17.9 Å². The van der Waals surface area contributed by atoms with Gasteiger partial charge in [0.15, 0.2) is 5.82 Å². The lowest BCUT2D eigenvalue weighted by atomic mass is 10.0. The Morgan fingerprint density at radius 2 is 2.12 bits per heavy atom. The van der Waals surface area contributed by atoms with Crippen LogP contribution in [0.1, 0.15) is 18.7 Å². The van der Waals surface area contributed by atoms with Crippen molar-refractivity contribution in [2.24, 2.45) is 5.92 Å². The van der Waals surface area contributed by atoms with Crippen molar-refractivity contribution >= 4 is 10.9 Å². The van der Waals surface area contributed by atoms with E-state index in [9.17, 15) is 4.39 Å². The van der Waals surface area contributed by atoms with Crippen molar-refractivity contribution in [1.82, 2.24) is 25.2 Å². The lowest BCUT2D eigenvalue weighted by Crippen LogP contribution is -2.22. The third-order valence-corrected chi connectivity index (χ3v) is 4.41. The Kier molecular flexibility index (Phi) is 4.51. The van der Waals surface area contributed by atoms with E-state index in [1.54, 1.807) is 29.1 Å². The Labute approximate surface area is 143 Å². The molecule has 1 aliphatic heterocycles. The normalized spacial score (nSPS) is 15.6. The Hall–Kier alpha value is -2.61. The molecule has 3 aromatic rings. The molecule has 1 aromatic carbocycles. The van der Waals surface area contributed by atoms with Crippen LogP contribution in [0.15, 0.2) is 30.5 Å². The van der Waals surface area contributed by atoms with E-state index in [2.05, 4.69) is 20.5 Å². The second-order valence-electron chi connectivity index (χ2n) is 6.07. The molecule has 0 amide bonds. The van der Waals surface area contributed by atoms with Gasteiger partial charge in [0.2, 0.25) is 0 Å². The van der Waals surface area contributed by atoms with E-state index < -0.39 is 0 Å². The molecular formula is C17H18FN5O2. The number of halogens is 1. The van der Waals surface area contributed by atoms with E-state index in [0.717, 1.165) is 32.6 Å². The molecule has 2 aromatic heterocycles. The van der Waals surface area contributed by atoms with Crippen molar-refractivity contribution in [2.45, 2.75) is 26.0 Å². The van der Waals surface area contributed by atoms with Crippen molar-refractivity contribution in [3.05, 3.63) is 42.1 Å². The van der Waals surface area contributed by atoms with Crippen LogP contribution >= 0.6 is 0 Å². The van der Waals surface area contributed by atoms with Gasteiger partial charge in [0, 0.05) is 31.3 Å². The summed E-state index contributed by atoms with van der Waals surface area (Å²) in [5.74, 6) is 1.33. The molecule has 0 spiro atoms. The standard InChI is InChI=1S/C17H18FN5O2/c18-14-3-4-15(17-13(14)2-1-7-19-17)25-11-16-20-21-22-23(16)10-12-5-8-24-9-6-12/h1-4,7,12H,5-6,8-11H2. The molecule has 3 heterocycles. The Morgan fingerprint density at radius 1 is 1.24 bits per heavy atom. The van der Waals surface area contributed by atoms with E-state index in [4.69, 9.17) is 9.47 Å². The van der Waals surface area contributed by atoms with E-state index >= 15 is 0 Å². The van der Waals surface area contributed by atoms with Gasteiger partial charge in [-0.25, -0.2) is 9.07 Å². The van der Waals surface area contributed by atoms with Crippen molar-refractivity contribution < 1.29 is 13.9 Å². The first-order valence-electron chi connectivity index (χ1n) is 8.30. The first-order valence-corrected chi connectivity index (χ1v) is 8.30. The second-order valence-corrected chi connectivity index (χ2v) is 6.07. The lowest BCUT2D eigenvalue weighted by Gasteiger charge is -2.21. The van der Waals surface area contributed by atoms with Gasteiger partial charge in [-0.2, -0.15) is 0 Å². The molecule has 8 heteroatoms. The fraction of sp³-hybridized carbons (Fsp3) is 0.412. The molecule has 0 unspecified atom stereocenters.